The van der Waals surface area contributed by atoms with Crippen LogP contribution in [0.15, 0.2) is 0 Å². The summed E-state index contributed by atoms with van der Waals surface area (Å²) in [5.74, 6) is -1.57. The number of esters is 1. The van der Waals surface area contributed by atoms with Crippen LogP contribution in [-0.4, -0.2) is 35.7 Å². The molecule has 0 radical (unpaired) electrons. The Morgan fingerprint density at radius 1 is 1.43 bits per heavy atom. The number of carbonyl (C=O) groups is 2. The quantitative estimate of drug-likeness (QED) is 0.646. The molecule has 0 aliphatic rings. The van der Waals surface area contributed by atoms with Gasteiger partial charge in [-0.1, -0.05) is 0 Å². The molecule has 0 aromatic heterocycles. The van der Waals surface area contributed by atoms with E-state index in [1.54, 1.807) is 20.8 Å². The van der Waals surface area contributed by atoms with Crippen molar-refractivity contribution >= 4 is 11.9 Å². The van der Waals surface area contributed by atoms with Gasteiger partial charge in [-0.05, 0) is 27.8 Å². The van der Waals surface area contributed by atoms with Crippen LogP contribution in [0.5, 0.6) is 0 Å². The molecule has 0 saturated carbocycles. The third-order valence-corrected chi connectivity index (χ3v) is 1.42. The van der Waals surface area contributed by atoms with Gasteiger partial charge >= 0.3 is 11.9 Å². The number of hydrogen-bond donors (Lipinski definition) is 2. The van der Waals surface area contributed by atoms with Crippen LogP contribution in [-0.2, 0) is 14.3 Å². The van der Waals surface area contributed by atoms with Crippen molar-refractivity contribution in [1.29, 1.82) is 0 Å². The van der Waals surface area contributed by atoms with Gasteiger partial charge in [0.2, 0.25) is 0 Å². The minimum Gasteiger partial charge on any atom is -0.481 e. The lowest BCUT2D eigenvalue weighted by Gasteiger charge is -2.22. The van der Waals surface area contributed by atoms with Crippen LogP contribution in [0, 0.1) is 0 Å². The molecule has 0 aromatic rings. The highest BCUT2D eigenvalue weighted by molar-refractivity contribution is 5.82. The van der Waals surface area contributed by atoms with E-state index in [4.69, 9.17) is 9.84 Å². The molecule has 82 valence electrons. The Balaban J connectivity index is 4.25. The van der Waals surface area contributed by atoms with Gasteiger partial charge in [0.15, 0.2) is 0 Å². The summed E-state index contributed by atoms with van der Waals surface area (Å²) in [6.07, 6.45) is -0.272. The first-order valence-corrected chi connectivity index (χ1v) is 4.38. The third-order valence-electron chi connectivity index (χ3n) is 1.42. The highest BCUT2D eigenvalue weighted by Crippen LogP contribution is 2.09. The second-order valence-electron chi connectivity index (χ2n) is 3.97. The van der Waals surface area contributed by atoms with E-state index < -0.39 is 23.6 Å². The molecule has 0 saturated heterocycles. The highest BCUT2D eigenvalue weighted by atomic mass is 16.6. The van der Waals surface area contributed by atoms with Gasteiger partial charge in [0.25, 0.3) is 0 Å². The van der Waals surface area contributed by atoms with Crippen LogP contribution in [0.2, 0.25) is 0 Å². The topological polar surface area (TPSA) is 75.6 Å². The zero-order valence-electron chi connectivity index (χ0n) is 8.96. The monoisotopic (exact) mass is 203 g/mol. The standard InChI is InChI=1S/C9H17NO4/c1-9(2,3)14-8(13)6(10-4)5-7(11)12/h6,10H,5H2,1-4H3,(H,11,12)/t6-/m1/s1. The number of nitrogens with one attached hydrogen (secondary N) is 1. The van der Waals surface area contributed by atoms with E-state index in [9.17, 15) is 9.59 Å². The summed E-state index contributed by atoms with van der Waals surface area (Å²) >= 11 is 0. The van der Waals surface area contributed by atoms with Gasteiger partial charge < -0.3 is 15.2 Å². The van der Waals surface area contributed by atoms with Gasteiger partial charge in [-0.25, -0.2) is 0 Å². The van der Waals surface area contributed by atoms with Crippen molar-refractivity contribution in [3.8, 4) is 0 Å². The summed E-state index contributed by atoms with van der Waals surface area (Å²) < 4.78 is 5.03. The number of aliphatic carboxylic acids is 1. The van der Waals surface area contributed by atoms with Crippen LogP contribution < -0.4 is 5.32 Å². The molecule has 5 heteroatoms. The molecule has 0 rings (SSSR count). The van der Waals surface area contributed by atoms with E-state index in [-0.39, 0.29) is 6.42 Å². The Labute approximate surface area is 83.4 Å². The largest absolute Gasteiger partial charge is 0.481 e. The van der Waals surface area contributed by atoms with E-state index in [0.29, 0.717) is 0 Å². The van der Waals surface area contributed by atoms with Gasteiger partial charge in [-0.3, -0.25) is 9.59 Å². The zero-order chi connectivity index (χ0) is 11.4. The van der Waals surface area contributed by atoms with E-state index in [1.807, 2.05) is 0 Å². The van der Waals surface area contributed by atoms with E-state index in [1.165, 1.54) is 7.05 Å². The van der Waals surface area contributed by atoms with Gasteiger partial charge in [-0.2, -0.15) is 0 Å². The fraction of sp³-hybridized carbons (Fsp3) is 0.778. The first-order chi connectivity index (χ1) is 6.26. The molecule has 0 fully saturated rings. The van der Waals surface area contributed by atoms with Crippen molar-refractivity contribution in [2.24, 2.45) is 0 Å². The minimum absolute atomic E-state index is 0.272. The van der Waals surface area contributed by atoms with Gasteiger partial charge in [0.05, 0.1) is 6.42 Å². The third kappa shape index (κ3) is 5.53. The summed E-state index contributed by atoms with van der Waals surface area (Å²) in [4.78, 5) is 21.8. The molecule has 0 amide bonds. The molecule has 0 heterocycles. The number of likely N-dealkylation sites (N-methyl/N-ethyl adjacent to an activating group) is 1. The lowest BCUT2D eigenvalue weighted by atomic mass is 10.1. The first-order valence-electron chi connectivity index (χ1n) is 4.38. The van der Waals surface area contributed by atoms with Crippen molar-refractivity contribution in [2.45, 2.75) is 38.8 Å². The summed E-state index contributed by atoms with van der Waals surface area (Å²) in [6.45, 7) is 5.20. The number of carboxylic acids is 1. The molecule has 0 aliphatic heterocycles. The van der Waals surface area contributed by atoms with Gasteiger partial charge in [-0.15, -0.1) is 0 Å². The smallest absolute Gasteiger partial charge is 0.324 e. The fourth-order valence-electron chi connectivity index (χ4n) is 0.851. The average Bonchev–Trinajstić information content (AvgIpc) is 1.96. The number of carbonyl (C=O) groups excluding carboxylic acids is 1. The Morgan fingerprint density at radius 3 is 2.21 bits per heavy atom. The predicted octanol–water partition coefficient (Wildman–Crippen LogP) is 0.391. The molecule has 1 atom stereocenters. The van der Waals surface area contributed by atoms with Crippen molar-refractivity contribution in [3.63, 3.8) is 0 Å². The van der Waals surface area contributed by atoms with Crippen LogP contribution in [0.3, 0.4) is 0 Å². The molecule has 0 spiro atoms. The van der Waals surface area contributed by atoms with Crippen LogP contribution in [0.25, 0.3) is 0 Å². The van der Waals surface area contributed by atoms with E-state index in [0.717, 1.165) is 0 Å². The molecule has 0 bridgehead atoms. The summed E-state index contributed by atoms with van der Waals surface area (Å²) in [7, 11) is 1.53. The lowest BCUT2D eigenvalue weighted by Crippen LogP contribution is -2.40. The average molecular weight is 203 g/mol. The SMILES string of the molecule is CN[C@H](CC(=O)O)C(=O)OC(C)(C)C. The maximum atomic E-state index is 11.4. The second kappa shape index (κ2) is 4.95. The maximum Gasteiger partial charge on any atom is 0.324 e. The van der Waals surface area contributed by atoms with Crippen LogP contribution in [0.1, 0.15) is 27.2 Å². The molecular formula is C9H17NO4. The second-order valence-corrected chi connectivity index (χ2v) is 3.97. The Morgan fingerprint density at radius 2 is 1.93 bits per heavy atom. The number of ether oxygens (including phenoxy) is 1. The zero-order valence-corrected chi connectivity index (χ0v) is 8.96. The number of rotatable bonds is 4. The molecule has 14 heavy (non-hydrogen) atoms. The van der Waals surface area contributed by atoms with Crippen molar-refractivity contribution in [2.75, 3.05) is 7.05 Å². The lowest BCUT2D eigenvalue weighted by molar-refractivity contribution is -0.159. The van der Waals surface area contributed by atoms with Crippen molar-refractivity contribution in [1.82, 2.24) is 5.32 Å². The normalized spacial score (nSPS) is 13.4. The van der Waals surface area contributed by atoms with E-state index >= 15 is 0 Å². The molecule has 5 nitrogen and oxygen atoms in total. The summed E-state index contributed by atoms with van der Waals surface area (Å²) in [6, 6.07) is -0.785. The Hall–Kier alpha value is -1.10. The Bertz CT molecular complexity index is 219. The highest BCUT2D eigenvalue weighted by Gasteiger charge is 2.25. The van der Waals surface area contributed by atoms with Crippen LogP contribution >= 0.6 is 0 Å². The maximum absolute atomic E-state index is 11.4. The van der Waals surface area contributed by atoms with Crippen molar-refractivity contribution < 1.29 is 19.4 Å². The fourth-order valence-corrected chi connectivity index (χ4v) is 0.851. The Kier molecular flexibility index (Phi) is 4.56. The van der Waals surface area contributed by atoms with Crippen molar-refractivity contribution in [3.05, 3.63) is 0 Å². The van der Waals surface area contributed by atoms with Gasteiger partial charge in [0, 0.05) is 0 Å². The molecule has 0 aromatic carbocycles. The summed E-state index contributed by atoms with van der Waals surface area (Å²) in [5.41, 5.74) is -0.593. The molecule has 0 aliphatic carbocycles. The van der Waals surface area contributed by atoms with Crippen LogP contribution in [0.4, 0.5) is 0 Å². The number of hydrogen-bond acceptors (Lipinski definition) is 4. The predicted molar refractivity (Wildman–Crippen MR) is 50.9 cm³/mol. The summed E-state index contributed by atoms with van der Waals surface area (Å²) in [5, 5.41) is 11.1. The molecular weight excluding hydrogens is 186 g/mol. The first kappa shape index (κ1) is 12.9. The minimum atomic E-state index is -1.03. The molecule has 2 N–H and O–H groups in total. The van der Waals surface area contributed by atoms with E-state index in [2.05, 4.69) is 5.32 Å². The van der Waals surface area contributed by atoms with Gasteiger partial charge in [0.1, 0.15) is 11.6 Å². The molecule has 0 unspecified atom stereocenters. The number of carboxylic acid groups (broad SMARTS) is 1.